The zero-order valence-corrected chi connectivity index (χ0v) is 17.8. The lowest BCUT2D eigenvalue weighted by Gasteiger charge is -2.17. The van der Waals surface area contributed by atoms with Gasteiger partial charge in [-0.15, -0.1) is 0 Å². The van der Waals surface area contributed by atoms with Gasteiger partial charge in [0.25, 0.3) is 0 Å². The van der Waals surface area contributed by atoms with Gasteiger partial charge in [-0.3, -0.25) is 4.99 Å². The van der Waals surface area contributed by atoms with E-state index < -0.39 is 0 Å². The number of hydrogen-bond donors (Lipinski definition) is 2. The zero-order valence-electron chi connectivity index (χ0n) is 17.8. The molecule has 0 saturated heterocycles. The molecular formula is C22H32N4O3. The second kappa shape index (κ2) is 10.2. The molecular weight excluding hydrogens is 368 g/mol. The van der Waals surface area contributed by atoms with Gasteiger partial charge in [-0.2, -0.15) is 0 Å². The van der Waals surface area contributed by atoms with Crippen LogP contribution in [0.4, 0.5) is 0 Å². The number of benzene rings is 1. The topological polar surface area (TPSA) is 80.9 Å². The number of hydrogen-bond acceptors (Lipinski definition) is 5. The molecule has 1 aromatic carbocycles. The van der Waals surface area contributed by atoms with E-state index in [0.29, 0.717) is 31.1 Å². The molecule has 0 unspecified atom stereocenters. The fourth-order valence-corrected chi connectivity index (χ4v) is 3.37. The van der Waals surface area contributed by atoms with Crippen molar-refractivity contribution in [2.75, 3.05) is 14.2 Å². The molecule has 7 nitrogen and oxygen atoms in total. The third-order valence-corrected chi connectivity index (χ3v) is 5.11. The molecule has 1 heterocycles. The van der Waals surface area contributed by atoms with E-state index in [2.05, 4.69) is 40.7 Å². The Morgan fingerprint density at radius 2 is 1.93 bits per heavy atom. The first-order valence-electron chi connectivity index (χ1n) is 10.3. The van der Waals surface area contributed by atoms with Crippen LogP contribution in [0.3, 0.4) is 0 Å². The second-order valence-corrected chi connectivity index (χ2v) is 7.66. The zero-order chi connectivity index (χ0) is 20.6. The minimum absolute atomic E-state index is 0.309. The number of aliphatic imine (C=N–C) groups is 1. The molecule has 1 saturated carbocycles. The third-order valence-electron chi connectivity index (χ3n) is 5.11. The van der Waals surface area contributed by atoms with Gasteiger partial charge in [0.2, 0.25) is 0 Å². The lowest BCUT2D eigenvalue weighted by atomic mass is 10.1. The van der Waals surface area contributed by atoms with Crippen molar-refractivity contribution in [2.24, 2.45) is 4.99 Å². The smallest absolute Gasteiger partial charge is 0.191 e. The van der Waals surface area contributed by atoms with E-state index in [1.165, 1.54) is 12.8 Å². The van der Waals surface area contributed by atoms with E-state index in [1.807, 2.05) is 18.2 Å². The minimum Gasteiger partial charge on any atom is -0.493 e. The predicted octanol–water partition coefficient (Wildman–Crippen LogP) is 3.99. The first kappa shape index (κ1) is 21.0. The van der Waals surface area contributed by atoms with Crippen molar-refractivity contribution in [3.63, 3.8) is 0 Å². The van der Waals surface area contributed by atoms with Crippen LogP contribution in [-0.2, 0) is 13.1 Å². The number of ether oxygens (including phenoxy) is 2. The fourth-order valence-electron chi connectivity index (χ4n) is 3.37. The molecule has 2 N–H and O–H groups in total. The lowest BCUT2D eigenvalue weighted by molar-refractivity contribution is 0.200. The van der Waals surface area contributed by atoms with Gasteiger partial charge in [-0.25, -0.2) is 0 Å². The van der Waals surface area contributed by atoms with Gasteiger partial charge < -0.3 is 24.6 Å². The molecule has 0 amide bonds. The average molecular weight is 401 g/mol. The summed E-state index contributed by atoms with van der Waals surface area (Å²) < 4.78 is 17.0. The molecule has 0 bridgehead atoms. The highest BCUT2D eigenvalue weighted by molar-refractivity contribution is 5.79. The molecule has 1 aliphatic rings. The molecule has 7 heteroatoms. The Labute approximate surface area is 172 Å². The second-order valence-electron chi connectivity index (χ2n) is 7.66. The van der Waals surface area contributed by atoms with Crippen molar-refractivity contribution in [1.29, 1.82) is 0 Å². The predicted molar refractivity (Wildman–Crippen MR) is 114 cm³/mol. The maximum absolute atomic E-state index is 6.11. The summed E-state index contributed by atoms with van der Waals surface area (Å²) in [6, 6.07) is 8.03. The molecule has 1 aromatic heterocycles. The van der Waals surface area contributed by atoms with Crippen LogP contribution in [0.15, 0.2) is 33.8 Å². The molecule has 3 rings (SSSR count). The summed E-state index contributed by atoms with van der Waals surface area (Å²) in [7, 11) is 3.42. The van der Waals surface area contributed by atoms with E-state index in [9.17, 15) is 0 Å². The van der Waals surface area contributed by atoms with E-state index in [4.69, 9.17) is 14.0 Å². The molecule has 1 fully saturated rings. The molecule has 0 aliphatic heterocycles. The normalized spacial score (nSPS) is 15.0. The summed E-state index contributed by atoms with van der Waals surface area (Å²) in [4.78, 5) is 4.27. The van der Waals surface area contributed by atoms with Crippen LogP contribution < -0.4 is 20.1 Å². The molecule has 29 heavy (non-hydrogen) atoms. The first-order chi connectivity index (χ1) is 14.1. The highest BCUT2D eigenvalue weighted by atomic mass is 16.5. The number of aromatic nitrogens is 1. The van der Waals surface area contributed by atoms with Gasteiger partial charge in [-0.05, 0) is 49.3 Å². The molecule has 1 aliphatic carbocycles. The van der Waals surface area contributed by atoms with E-state index in [1.54, 1.807) is 14.2 Å². The molecule has 158 valence electrons. The van der Waals surface area contributed by atoms with E-state index in [0.717, 1.165) is 41.4 Å². The maximum atomic E-state index is 6.11. The largest absolute Gasteiger partial charge is 0.493 e. The van der Waals surface area contributed by atoms with Gasteiger partial charge in [0.15, 0.2) is 23.2 Å². The van der Waals surface area contributed by atoms with Crippen molar-refractivity contribution in [2.45, 2.75) is 64.6 Å². The van der Waals surface area contributed by atoms with Gasteiger partial charge in [-0.1, -0.05) is 25.1 Å². The number of guanidine groups is 1. The van der Waals surface area contributed by atoms with Crippen molar-refractivity contribution >= 4 is 5.96 Å². The van der Waals surface area contributed by atoms with Crippen molar-refractivity contribution in [3.8, 4) is 11.5 Å². The first-order valence-corrected chi connectivity index (χ1v) is 10.3. The Morgan fingerprint density at radius 3 is 2.59 bits per heavy atom. The van der Waals surface area contributed by atoms with Gasteiger partial charge in [0, 0.05) is 19.7 Å². The Bertz CT molecular complexity index is 810. The van der Waals surface area contributed by atoms with Crippen LogP contribution in [0.1, 0.15) is 62.5 Å². The highest BCUT2D eigenvalue weighted by Gasteiger charge is 2.18. The SMILES string of the molecule is CN=C(NCc1ccc(OC2CCCC2)c(OC)c1)NCc1cc(C(C)C)no1. The van der Waals surface area contributed by atoms with Crippen molar-refractivity contribution in [3.05, 3.63) is 41.3 Å². The molecule has 2 aromatic rings. The quantitative estimate of drug-likeness (QED) is 0.515. The van der Waals surface area contributed by atoms with Crippen LogP contribution in [0.2, 0.25) is 0 Å². The summed E-state index contributed by atoms with van der Waals surface area (Å²) in [6.45, 7) is 5.33. The summed E-state index contributed by atoms with van der Waals surface area (Å²) in [6.07, 6.45) is 5.04. The van der Waals surface area contributed by atoms with Gasteiger partial charge >= 0.3 is 0 Å². The lowest BCUT2D eigenvalue weighted by Crippen LogP contribution is -2.36. The maximum Gasteiger partial charge on any atom is 0.191 e. The van der Waals surface area contributed by atoms with E-state index in [-0.39, 0.29) is 0 Å². The summed E-state index contributed by atoms with van der Waals surface area (Å²) in [5.74, 6) is 3.41. The van der Waals surface area contributed by atoms with Gasteiger partial charge in [0.1, 0.15) is 0 Å². The van der Waals surface area contributed by atoms with Crippen LogP contribution in [0, 0.1) is 0 Å². The number of rotatable bonds is 8. The fraction of sp³-hybridized carbons (Fsp3) is 0.545. The van der Waals surface area contributed by atoms with Gasteiger partial charge in [0.05, 0.1) is 25.5 Å². The Morgan fingerprint density at radius 1 is 1.17 bits per heavy atom. The van der Waals surface area contributed by atoms with Crippen LogP contribution in [0.25, 0.3) is 0 Å². The Balaban J connectivity index is 1.52. The van der Waals surface area contributed by atoms with Crippen LogP contribution in [0.5, 0.6) is 11.5 Å². The van der Waals surface area contributed by atoms with Crippen LogP contribution in [-0.4, -0.2) is 31.4 Å². The highest BCUT2D eigenvalue weighted by Crippen LogP contribution is 2.32. The molecule has 0 atom stereocenters. The summed E-state index contributed by atoms with van der Waals surface area (Å²) >= 11 is 0. The standard InChI is InChI=1S/C22H32N4O3/c1-15(2)19-12-18(29-26-19)14-25-22(23-3)24-13-16-9-10-20(21(11-16)27-4)28-17-7-5-6-8-17/h9-12,15,17H,5-8,13-14H2,1-4H3,(H2,23,24,25). The third kappa shape index (κ3) is 5.89. The summed E-state index contributed by atoms with van der Waals surface area (Å²) in [5.41, 5.74) is 2.04. The number of nitrogens with one attached hydrogen (secondary N) is 2. The number of methoxy groups -OCH3 is 1. The van der Waals surface area contributed by atoms with Crippen molar-refractivity contribution in [1.82, 2.24) is 15.8 Å². The summed E-state index contributed by atoms with van der Waals surface area (Å²) in [5, 5.41) is 10.6. The number of nitrogens with zero attached hydrogens (tertiary/aromatic N) is 2. The monoisotopic (exact) mass is 400 g/mol. The van der Waals surface area contributed by atoms with Crippen LogP contribution >= 0.6 is 0 Å². The Kier molecular flexibility index (Phi) is 7.38. The minimum atomic E-state index is 0.309. The molecule has 0 spiro atoms. The molecule has 0 radical (unpaired) electrons. The Hall–Kier alpha value is -2.70. The average Bonchev–Trinajstić information content (AvgIpc) is 3.41. The van der Waals surface area contributed by atoms with Crippen molar-refractivity contribution < 1.29 is 14.0 Å². The van der Waals surface area contributed by atoms with E-state index >= 15 is 0 Å².